The molecule has 0 atom stereocenters. The van der Waals surface area contributed by atoms with E-state index in [0.717, 1.165) is 12.2 Å². The Bertz CT molecular complexity index is 712. The maximum Gasteiger partial charge on any atom is 0.133 e. The monoisotopic (exact) mass is 494 g/mol. The summed E-state index contributed by atoms with van der Waals surface area (Å²) in [5.41, 5.74) is 1.43. The highest BCUT2D eigenvalue weighted by Gasteiger charge is 2.14. The summed E-state index contributed by atoms with van der Waals surface area (Å²) in [5.74, 6) is 0.963. The summed E-state index contributed by atoms with van der Waals surface area (Å²) in [4.78, 5) is 0. The lowest BCUT2D eigenvalue weighted by Gasteiger charge is -2.03. The predicted molar refractivity (Wildman–Crippen MR) is 101 cm³/mol. The van der Waals surface area contributed by atoms with Crippen LogP contribution in [-0.4, -0.2) is 7.11 Å². The minimum atomic E-state index is 0.963. The molecule has 1 heterocycles. The van der Waals surface area contributed by atoms with Crippen molar-refractivity contribution in [2.45, 2.75) is 13.3 Å². The summed E-state index contributed by atoms with van der Waals surface area (Å²) in [6.07, 6.45) is 1.09. The van der Waals surface area contributed by atoms with Gasteiger partial charge in [0.05, 0.1) is 15.4 Å². The lowest BCUT2D eigenvalue weighted by atomic mass is 10.1. The van der Waals surface area contributed by atoms with Crippen molar-refractivity contribution in [3.05, 3.63) is 37.0 Å². The van der Waals surface area contributed by atoms with Crippen molar-refractivity contribution >= 4 is 76.7 Å². The first-order valence-electron chi connectivity index (χ1n) is 6.03. The van der Waals surface area contributed by atoms with Crippen LogP contribution in [0.3, 0.4) is 0 Å². The van der Waals surface area contributed by atoms with Gasteiger partial charge in [0, 0.05) is 19.0 Å². The number of hydrogen-bond donors (Lipinski definition) is 0. The molecular formula is C15H12I2OS. The van der Waals surface area contributed by atoms with Crippen molar-refractivity contribution < 1.29 is 4.74 Å². The van der Waals surface area contributed by atoms with E-state index in [1.165, 1.54) is 32.9 Å². The molecule has 0 saturated carbocycles. The van der Waals surface area contributed by atoms with Gasteiger partial charge in [0.2, 0.25) is 0 Å². The number of aryl methyl sites for hydroxylation is 1. The Hall–Kier alpha value is -0.0800. The number of halogens is 2. The molecule has 0 fully saturated rings. The Balaban J connectivity index is 2.44. The van der Waals surface area contributed by atoms with E-state index in [1.54, 1.807) is 7.11 Å². The predicted octanol–water partition coefficient (Wildman–Crippen LogP) is 5.83. The molecule has 1 nitrogen and oxygen atoms in total. The van der Waals surface area contributed by atoms with Crippen molar-refractivity contribution in [1.29, 1.82) is 0 Å². The molecule has 0 unspecified atom stereocenters. The second-order valence-electron chi connectivity index (χ2n) is 4.33. The van der Waals surface area contributed by atoms with Crippen LogP contribution in [0.2, 0.25) is 0 Å². The highest BCUT2D eigenvalue weighted by atomic mass is 127. The average Bonchev–Trinajstić information content (AvgIpc) is 2.80. The smallest absolute Gasteiger partial charge is 0.133 e. The molecule has 0 spiro atoms. The summed E-state index contributed by atoms with van der Waals surface area (Å²) in [6, 6.07) is 8.76. The van der Waals surface area contributed by atoms with Crippen LogP contribution in [0.5, 0.6) is 5.75 Å². The number of hydrogen-bond acceptors (Lipinski definition) is 2. The van der Waals surface area contributed by atoms with E-state index in [4.69, 9.17) is 4.74 Å². The Labute approximate surface area is 143 Å². The van der Waals surface area contributed by atoms with E-state index < -0.39 is 0 Å². The topological polar surface area (TPSA) is 9.23 Å². The van der Waals surface area contributed by atoms with Crippen LogP contribution in [0, 0.1) is 7.14 Å². The molecule has 0 bridgehead atoms. The molecule has 4 heteroatoms. The highest BCUT2D eigenvalue weighted by Crippen LogP contribution is 2.42. The number of benzene rings is 2. The van der Waals surface area contributed by atoms with Crippen molar-refractivity contribution in [1.82, 2.24) is 0 Å². The van der Waals surface area contributed by atoms with Crippen LogP contribution in [0.15, 0.2) is 24.3 Å². The summed E-state index contributed by atoms with van der Waals surface area (Å²) in [7, 11) is 1.73. The maximum atomic E-state index is 5.42. The van der Waals surface area contributed by atoms with E-state index >= 15 is 0 Å². The average molecular weight is 494 g/mol. The molecule has 0 aliphatic heterocycles. The molecule has 1 aromatic heterocycles. The van der Waals surface area contributed by atoms with Gasteiger partial charge in [-0.2, -0.15) is 0 Å². The van der Waals surface area contributed by atoms with Crippen LogP contribution in [0.1, 0.15) is 12.5 Å². The normalized spacial score (nSPS) is 11.4. The van der Waals surface area contributed by atoms with Gasteiger partial charge in [-0.3, -0.25) is 0 Å². The van der Waals surface area contributed by atoms with Crippen LogP contribution in [0.4, 0.5) is 0 Å². The second kappa shape index (κ2) is 5.37. The van der Waals surface area contributed by atoms with Crippen molar-refractivity contribution in [3.8, 4) is 5.75 Å². The second-order valence-corrected chi connectivity index (χ2v) is 7.51. The van der Waals surface area contributed by atoms with Gasteiger partial charge >= 0.3 is 0 Å². The Morgan fingerprint density at radius 3 is 2.26 bits per heavy atom. The Kier molecular flexibility index (Phi) is 3.92. The summed E-state index contributed by atoms with van der Waals surface area (Å²) in [6.45, 7) is 2.21. The van der Waals surface area contributed by atoms with E-state index in [9.17, 15) is 0 Å². The zero-order valence-corrected chi connectivity index (χ0v) is 15.7. The van der Waals surface area contributed by atoms with E-state index in [1.807, 2.05) is 11.3 Å². The Morgan fingerprint density at radius 1 is 1.00 bits per heavy atom. The third kappa shape index (κ3) is 2.15. The van der Waals surface area contributed by atoms with Crippen LogP contribution in [0.25, 0.3) is 20.2 Å². The third-order valence-electron chi connectivity index (χ3n) is 3.33. The number of rotatable bonds is 2. The summed E-state index contributed by atoms with van der Waals surface area (Å²) >= 11 is 6.75. The molecule has 0 radical (unpaired) electrons. The van der Waals surface area contributed by atoms with Crippen LogP contribution < -0.4 is 4.74 Å². The fourth-order valence-electron chi connectivity index (χ4n) is 2.29. The molecule has 98 valence electrons. The first-order valence-corrected chi connectivity index (χ1v) is 9.00. The maximum absolute atomic E-state index is 5.42. The molecule has 2 aromatic carbocycles. The molecule has 0 aliphatic rings. The van der Waals surface area contributed by atoms with E-state index in [0.29, 0.717) is 0 Å². The zero-order chi connectivity index (χ0) is 13.6. The van der Waals surface area contributed by atoms with Crippen LogP contribution in [-0.2, 0) is 6.42 Å². The first kappa shape index (κ1) is 13.9. The molecular weight excluding hydrogens is 482 g/mol. The zero-order valence-electron chi connectivity index (χ0n) is 10.6. The van der Waals surface area contributed by atoms with Crippen molar-refractivity contribution in [2.24, 2.45) is 0 Å². The van der Waals surface area contributed by atoms with Gasteiger partial charge in [-0.1, -0.05) is 19.1 Å². The van der Waals surface area contributed by atoms with Gasteiger partial charge in [-0.15, -0.1) is 11.3 Å². The van der Waals surface area contributed by atoms with Gasteiger partial charge in [0.15, 0.2) is 0 Å². The minimum absolute atomic E-state index is 0.963. The largest absolute Gasteiger partial charge is 0.496 e. The van der Waals surface area contributed by atoms with Gasteiger partial charge in [-0.05, 0) is 69.3 Å². The van der Waals surface area contributed by atoms with Crippen molar-refractivity contribution in [2.75, 3.05) is 7.11 Å². The van der Waals surface area contributed by atoms with Gasteiger partial charge in [0.1, 0.15) is 5.75 Å². The van der Waals surface area contributed by atoms with Gasteiger partial charge in [0.25, 0.3) is 0 Å². The fourth-order valence-corrected chi connectivity index (χ4v) is 5.69. The molecule has 0 aliphatic carbocycles. The minimum Gasteiger partial charge on any atom is -0.496 e. The number of methoxy groups -OCH3 is 1. The fraction of sp³-hybridized carbons (Fsp3) is 0.200. The number of fused-ring (bicyclic) bond motifs is 3. The standard InChI is InChI=1S/C15H12I2OS/c1-3-8-4-5-9-10-6-7-11(18-2)13(17)15(10)19-14(9)12(8)16/h4-7H,3H2,1-2H3. The van der Waals surface area contributed by atoms with E-state index in [2.05, 4.69) is 76.4 Å². The summed E-state index contributed by atoms with van der Waals surface area (Å²) in [5, 5.41) is 2.70. The first-order chi connectivity index (χ1) is 9.17. The van der Waals surface area contributed by atoms with Gasteiger partial charge < -0.3 is 4.74 Å². The number of ether oxygens (including phenoxy) is 1. The lowest BCUT2D eigenvalue weighted by Crippen LogP contribution is -1.86. The SMILES string of the molecule is CCc1ccc2c(sc3c(I)c(OC)ccc32)c1I. The molecule has 3 aromatic rings. The van der Waals surface area contributed by atoms with E-state index in [-0.39, 0.29) is 0 Å². The molecule has 0 saturated heterocycles. The Morgan fingerprint density at radius 2 is 1.63 bits per heavy atom. The summed E-state index contributed by atoms with van der Waals surface area (Å²) < 4.78 is 10.8. The molecule has 0 N–H and O–H groups in total. The highest BCUT2D eigenvalue weighted by molar-refractivity contribution is 14.1. The molecule has 0 amide bonds. The number of thiophene rings is 1. The quantitative estimate of drug-likeness (QED) is 0.408. The lowest BCUT2D eigenvalue weighted by molar-refractivity contribution is 0.412. The molecule has 3 rings (SSSR count). The third-order valence-corrected chi connectivity index (χ3v) is 7.63. The van der Waals surface area contributed by atoms with Crippen molar-refractivity contribution in [3.63, 3.8) is 0 Å². The van der Waals surface area contributed by atoms with Gasteiger partial charge in [-0.25, -0.2) is 0 Å². The van der Waals surface area contributed by atoms with Crippen LogP contribution >= 0.6 is 56.5 Å². The molecule has 19 heavy (non-hydrogen) atoms.